The summed E-state index contributed by atoms with van der Waals surface area (Å²) in [4.78, 5) is -0.367. The number of benzene rings is 2. The molecular formula is C17H17BrF2. The van der Waals surface area contributed by atoms with Crippen molar-refractivity contribution in [3.63, 3.8) is 0 Å². The van der Waals surface area contributed by atoms with Gasteiger partial charge < -0.3 is 0 Å². The predicted molar refractivity (Wildman–Crippen MR) is 82.3 cm³/mol. The van der Waals surface area contributed by atoms with Crippen molar-refractivity contribution >= 4 is 15.9 Å². The normalized spacial score (nSPS) is 13.3. The Bertz CT molecular complexity index is 615. The molecule has 0 aromatic heterocycles. The predicted octanol–water partition coefficient (Wildman–Crippen LogP) is 5.75. The molecule has 0 aliphatic heterocycles. The highest BCUT2D eigenvalue weighted by Crippen LogP contribution is 2.38. The summed E-state index contributed by atoms with van der Waals surface area (Å²) in [7, 11) is 0. The zero-order valence-electron chi connectivity index (χ0n) is 11.8. The van der Waals surface area contributed by atoms with E-state index in [1.54, 1.807) is 0 Å². The van der Waals surface area contributed by atoms with Gasteiger partial charge in [-0.1, -0.05) is 61.0 Å². The van der Waals surface area contributed by atoms with Crippen LogP contribution in [0.4, 0.5) is 8.78 Å². The second kappa shape index (κ2) is 5.65. The minimum atomic E-state index is -0.431. The van der Waals surface area contributed by atoms with Gasteiger partial charge in [0.05, 0.1) is 4.83 Å². The fourth-order valence-electron chi connectivity index (χ4n) is 2.28. The SMILES string of the molecule is CC(C)(C)c1ccccc1C(Br)c1cc(F)ccc1F. The van der Waals surface area contributed by atoms with E-state index in [9.17, 15) is 8.78 Å². The molecule has 0 aliphatic carbocycles. The maximum atomic E-state index is 13.9. The zero-order valence-corrected chi connectivity index (χ0v) is 13.3. The fourth-order valence-corrected chi connectivity index (χ4v) is 3.03. The number of hydrogen-bond acceptors (Lipinski definition) is 0. The van der Waals surface area contributed by atoms with Crippen LogP contribution in [0, 0.1) is 11.6 Å². The Hall–Kier alpha value is -1.22. The molecule has 0 aliphatic rings. The summed E-state index contributed by atoms with van der Waals surface area (Å²) in [5.74, 6) is -0.837. The van der Waals surface area contributed by atoms with E-state index in [-0.39, 0.29) is 10.2 Å². The zero-order chi connectivity index (χ0) is 14.9. The molecule has 0 bridgehead atoms. The summed E-state index contributed by atoms with van der Waals surface area (Å²) < 4.78 is 27.3. The summed E-state index contributed by atoms with van der Waals surface area (Å²) >= 11 is 3.52. The first-order chi connectivity index (χ1) is 9.30. The van der Waals surface area contributed by atoms with Gasteiger partial charge in [0.15, 0.2) is 0 Å². The topological polar surface area (TPSA) is 0 Å². The molecule has 0 saturated heterocycles. The van der Waals surface area contributed by atoms with Crippen LogP contribution in [0.15, 0.2) is 42.5 Å². The van der Waals surface area contributed by atoms with Crippen LogP contribution in [0.5, 0.6) is 0 Å². The number of hydrogen-bond donors (Lipinski definition) is 0. The average molecular weight is 339 g/mol. The molecular weight excluding hydrogens is 322 g/mol. The van der Waals surface area contributed by atoms with E-state index < -0.39 is 11.6 Å². The summed E-state index contributed by atoms with van der Waals surface area (Å²) in [5.41, 5.74) is 2.34. The van der Waals surface area contributed by atoms with E-state index in [2.05, 4.69) is 36.7 Å². The number of alkyl halides is 1. The molecule has 0 amide bonds. The summed E-state index contributed by atoms with van der Waals surface area (Å²) in [5, 5.41) is 0. The van der Waals surface area contributed by atoms with Crippen molar-refractivity contribution in [2.45, 2.75) is 31.0 Å². The van der Waals surface area contributed by atoms with Crippen LogP contribution in [-0.4, -0.2) is 0 Å². The standard InChI is InChI=1S/C17H17BrF2/c1-17(2,3)14-7-5-4-6-12(14)16(18)13-10-11(19)8-9-15(13)20/h4-10,16H,1-3H3. The van der Waals surface area contributed by atoms with E-state index in [0.717, 1.165) is 17.2 Å². The van der Waals surface area contributed by atoms with Crippen LogP contribution in [0.1, 0.15) is 42.3 Å². The summed E-state index contributed by atoms with van der Waals surface area (Å²) in [6.45, 7) is 6.31. The van der Waals surface area contributed by atoms with E-state index in [1.165, 1.54) is 12.1 Å². The number of halogens is 3. The van der Waals surface area contributed by atoms with Crippen molar-refractivity contribution in [2.75, 3.05) is 0 Å². The Morgan fingerprint density at radius 3 is 2.25 bits per heavy atom. The van der Waals surface area contributed by atoms with Gasteiger partial charge in [-0.05, 0) is 34.7 Å². The van der Waals surface area contributed by atoms with Crippen LogP contribution in [0.2, 0.25) is 0 Å². The van der Waals surface area contributed by atoms with Crippen LogP contribution in [-0.2, 0) is 5.41 Å². The van der Waals surface area contributed by atoms with Crippen LogP contribution < -0.4 is 0 Å². The smallest absolute Gasteiger partial charge is 0.128 e. The minimum absolute atomic E-state index is 0.0631. The molecule has 0 spiro atoms. The van der Waals surface area contributed by atoms with E-state index in [1.807, 2.05) is 24.3 Å². The molecule has 106 valence electrons. The van der Waals surface area contributed by atoms with Gasteiger partial charge in [0, 0.05) is 5.56 Å². The molecule has 0 nitrogen and oxygen atoms in total. The van der Waals surface area contributed by atoms with Gasteiger partial charge in [-0.15, -0.1) is 0 Å². The van der Waals surface area contributed by atoms with Gasteiger partial charge in [-0.2, -0.15) is 0 Å². The molecule has 20 heavy (non-hydrogen) atoms. The van der Waals surface area contributed by atoms with Gasteiger partial charge in [0.1, 0.15) is 11.6 Å². The third-order valence-electron chi connectivity index (χ3n) is 3.27. The van der Waals surface area contributed by atoms with E-state index in [0.29, 0.717) is 5.56 Å². The van der Waals surface area contributed by atoms with Crippen LogP contribution in [0.3, 0.4) is 0 Å². The maximum Gasteiger partial charge on any atom is 0.128 e. The second-order valence-corrected chi connectivity index (χ2v) is 6.78. The molecule has 0 radical (unpaired) electrons. The van der Waals surface area contributed by atoms with Crippen molar-refractivity contribution in [2.24, 2.45) is 0 Å². The third-order valence-corrected chi connectivity index (χ3v) is 4.26. The number of rotatable bonds is 2. The lowest BCUT2D eigenvalue weighted by Gasteiger charge is -2.25. The summed E-state index contributed by atoms with van der Waals surface area (Å²) in [6.07, 6.45) is 0. The third kappa shape index (κ3) is 3.09. The van der Waals surface area contributed by atoms with Crippen molar-refractivity contribution in [1.29, 1.82) is 0 Å². The van der Waals surface area contributed by atoms with Crippen molar-refractivity contribution in [3.8, 4) is 0 Å². The average Bonchev–Trinajstić information content (AvgIpc) is 2.40. The van der Waals surface area contributed by atoms with E-state index in [4.69, 9.17) is 0 Å². The van der Waals surface area contributed by atoms with E-state index >= 15 is 0 Å². The Balaban J connectivity index is 2.54. The monoisotopic (exact) mass is 338 g/mol. The van der Waals surface area contributed by atoms with Gasteiger partial charge in [0.25, 0.3) is 0 Å². The molecule has 0 saturated carbocycles. The second-order valence-electron chi connectivity index (χ2n) is 5.87. The molecule has 2 rings (SSSR count). The summed E-state index contributed by atoms with van der Waals surface area (Å²) in [6, 6.07) is 11.4. The first-order valence-corrected chi connectivity index (χ1v) is 7.40. The highest BCUT2D eigenvalue weighted by atomic mass is 79.9. The molecule has 0 fully saturated rings. The first kappa shape index (κ1) is 15.2. The maximum absolute atomic E-state index is 13.9. The molecule has 2 aromatic rings. The van der Waals surface area contributed by atoms with Gasteiger partial charge in [-0.3, -0.25) is 0 Å². The fraction of sp³-hybridized carbons (Fsp3) is 0.294. The van der Waals surface area contributed by atoms with Crippen molar-refractivity contribution in [1.82, 2.24) is 0 Å². The molecule has 1 unspecified atom stereocenters. The Labute approximate surface area is 127 Å². The Morgan fingerprint density at radius 1 is 0.950 bits per heavy atom. The quantitative estimate of drug-likeness (QED) is 0.612. The van der Waals surface area contributed by atoms with Gasteiger partial charge in [0.2, 0.25) is 0 Å². The van der Waals surface area contributed by atoms with Gasteiger partial charge in [-0.25, -0.2) is 8.78 Å². The van der Waals surface area contributed by atoms with Crippen LogP contribution >= 0.6 is 15.9 Å². The van der Waals surface area contributed by atoms with Crippen molar-refractivity contribution in [3.05, 3.63) is 70.8 Å². The van der Waals surface area contributed by atoms with Crippen LogP contribution in [0.25, 0.3) is 0 Å². The lowest BCUT2D eigenvalue weighted by molar-refractivity contribution is 0.575. The molecule has 3 heteroatoms. The largest absolute Gasteiger partial charge is 0.207 e. The lowest BCUT2D eigenvalue weighted by atomic mass is 9.82. The highest BCUT2D eigenvalue weighted by Gasteiger charge is 2.23. The molecule has 0 heterocycles. The van der Waals surface area contributed by atoms with Gasteiger partial charge >= 0.3 is 0 Å². The lowest BCUT2D eigenvalue weighted by Crippen LogP contribution is -2.15. The molecule has 0 N–H and O–H groups in total. The molecule has 2 aromatic carbocycles. The minimum Gasteiger partial charge on any atom is -0.207 e. The molecule has 1 atom stereocenters. The first-order valence-electron chi connectivity index (χ1n) is 6.49. The van der Waals surface area contributed by atoms with Crippen molar-refractivity contribution < 1.29 is 8.78 Å². The Morgan fingerprint density at radius 2 is 1.60 bits per heavy atom. The highest BCUT2D eigenvalue weighted by molar-refractivity contribution is 9.09. The Kier molecular flexibility index (Phi) is 4.28.